The molecule has 1 aromatic heterocycles. The maximum absolute atomic E-state index is 12.2. The number of carbonyl (C=O) groups is 1. The molecule has 0 spiro atoms. The van der Waals surface area contributed by atoms with Gasteiger partial charge in [0.1, 0.15) is 5.69 Å². The average molecular weight is 312 g/mol. The largest absolute Gasteiger partial charge is 0.349 e. The molecule has 5 heteroatoms. The number of hydrogen-bond donors (Lipinski definition) is 1. The van der Waals surface area contributed by atoms with E-state index >= 15 is 0 Å². The maximum Gasteiger partial charge on any atom is 0.270 e. The molecule has 0 saturated carbocycles. The Kier molecular flexibility index (Phi) is 5.32. The highest BCUT2D eigenvalue weighted by Crippen LogP contribution is 2.23. The van der Waals surface area contributed by atoms with Gasteiger partial charge in [0.15, 0.2) is 0 Å². The van der Waals surface area contributed by atoms with Crippen molar-refractivity contribution in [3.05, 3.63) is 47.3 Å². The molecule has 0 fully saturated rings. The van der Waals surface area contributed by atoms with Crippen LogP contribution in [0.25, 0.3) is 0 Å². The van der Waals surface area contributed by atoms with Gasteiger partial charge in [-0.05, 0) is 58.4 Å². The van der Waals surface area contributed by atoms with E-state index in [0.29, 0.717) is 11.6 Å². The number of aryl methyl sites for hydroxylation is 2. The first kappa shape index (κ1) is 16.9. The van der Waals surface area contributed by atoms with Crippen LogP contribution in [0.4, 0.5) is 11.6 Å². The van der Waals surface area contributed by atoms with Gasteiger partial charge < -0.3 is 10.2 Å². The number of nitrogens with zero attached hydrogens (tertiary/aromatic N) is 3. The summed E-state index contributed by atoms with van der Waals surface area (Å²) in [6, 6.07) is 9.95. The van der Waals surface area contributed by atoms with Gasteiger partial charge in [0.2, 0.25) is 5.95 Å². The zero-order valence-corrected chi connectivity index (χ0v) is 14.4. The third kappa shape index (κ3) is 4.28. The van der Waals surface area contributed by atoms with Crippen LogP contribution in [0, 0.1) is 13.8 Å². The highest BCUT2D eigenvalue weighted by Gasteiger charge is 2.16. The predicted molar refractivity (Wildman–Crippen MR) is 93.2 cm³/mol. The van der Waals surface area contributed by atoms with Crippen LogP contribution in [-0.4, -0.2) is 28.5 Å². The lowest BCUT2D eigenvalue weighted by Crippen LogP contribution is -2.31. The maximum atomic E-state index is 12.2. The Balaban J connectivity index is 2.41. The second-order valence-electron chi connectivity index (χ2n) is 5.91. The molecule has 1 amide bonds. The normalized spacial score (nSPS) is 10.7. The first-order chi connectivity index (χ1) is 10.9. The van der Waals surface area contributed by atoms with Gasteiger partial charge in [-0.25, -0.2) is 9.97 Å². The highest BCUT2D eigenvalue weighted by atomic mass is 16.1. The number of benzene rings is 1. The molecule has 0 aliphatic heterocycles. The summed E-state index contributed by atoms with van der Waals surface area (Å²) in [5.74, 6) is 0.374. The van der Waals surface area contributed by atoms with Crippen molar-refractivity contribution >= 4 is 17.5 Å². The molecule has 1 heterocycles. The first-order valence-corrected chi connectivity index (χ1v) is 7.91. The molecule has 0 radical (unpaired) electrons. The summed E-state index contributed by atoms with van der Waals surface area (Å²) in [6.45, 7) is 10.5. The van der Waals surface area contributed by atoms with Gasteiger partial charge in [-0.2, -0.15) is 0 Å². The third-order valence-electron chi connectivity index (χ3n) is 3.37. The molecule has 0 atom stereocenters. The molecule has 0 saturated heterocycles. The van der Waals surface area contributed by atoms with E-state index in [4.69, 9.17) is 0 Å². The number of aromatic nitrogens is 2. The van der Waals surface area contributed by atoms with Crippen LogP contribution in [-0.2, 0) is 0 Å². The lowest BCUT2D eigenvalue weighted by Gasteiger charge is -2.22. The summed E-state index contributed by atoms with van der Waals surface area (Å²) in [5, 5.41) is 2.87. The van der Waals surface area contributed by atoms with Gasteiger partial charge >= 0.3 is 0 Å². The van der Waals surface area contributed by atoms with E-state index in [1.807, 2.05) is 44.7 Å². The average Bonchev–Trinajstić information content (AvgIpc) is 2.47. The van der Waals surface area contributed by atoms with Crippen molar-refractivity contribution in [2.75, 3.05) is 11.4 Å². The van der Waals surface area contributed by atoms with Gasteiger partial charge in [-0.3, -0.25) is 4.79 Å². The first-order valence-electron chi connectivity index (χ1n) is 7.91. The fourth-order valence-corrected chi connectivity index (χ4v) is 2.36. The fraction of sp³-hybridized carbons (Fsp3) is 0.389. The molecule has 1 N–H and O–H groups in total. The Morgan fingerprint density at radius 2 is 1.96 bits per heavy atom. The minimum atomic E-state index is -0.174. The summed E-state index contributed by atoms with van der Waals surface area (Å²) in [6.07, 6.45) is 0. The smallest absolute Gasteiger partial charge is 0.270 e. The zero-order valence-electron chi connectivity index (χ0n) is 14.4. The Morgan fingerprint density at radius 3 is 2.57 bits per heavy atom. The summed E-state index contributed by atoms with van der Waals surface area (Å²) in [5.41, 5.74) is 3.36. The van der Waals surface area contributed by atoms with Gasteiger partial charge in [0.05, 0.1) is 0 Å². The zero-order chi connectivity index (χ0) is 17.0. The summed E-state index contributed by atoms with van der Waals surface area (Å²) < 4.78 is 0. The van der Waals surface area contributed by atoms with Crippen LogP contribution in [0.15, 0.2) is 30.3 Å². The topological polar surface area (TPSA) is 58.1 Å². The fourth-order valence-electron chi connectivity index (χ4n) is 2.36. The molecule has 122 valence electrons. The van der Waals surface area contributed by atoms with E-state index in [2.05, 4.69) is 34.3 Å². The Labute approximate surface area is 137 Å². The van der Waals surface area contributed by atoms with Gasteiger partial charge in [-0.15, -0.1) is 0 Å². The lowest BCUT2D eigenvalue weighted by molar-refractivity contribution is 0.0938. The van der Waals surface area contributed by atoms with E-state index in [-0.39, 0.29) is 11.9 Å². The summed E-state index contributed by atoms with van der Waals surface area (Å²) >= 11 is 0. The summed E-state index contributed by atoms with van der Waals surface area (Å²) in [4.78, 5) is 23.2. The number of amides is 1. The predicted octanol–water partition coefficient (Wildman–Crippen LogP) is 3.39. The van der Waals surface area contributed by atoms with Crippen LogP contribution in [0.2, 0.25) is 0 Å². The Morgan fingerprint density at radius 1 is 1.22 bits per heavy atom. The quantitative estimate of drug-likeness (QED) is 0.919. The van der Waals surface area contributed by atoms with Crippen LogP contribution < -0.4 is 10.2 Å². The van der Waals surface area contributed by atoms with E-state index in [9.17, 15) is 4.79 Å². The molecule has 2 rings (SSSR count). The highest BCUT2D eigenvalue weighted by molar-refractivity contribution is 5.92. The monoisotopic (exact) mass is 312 g/mol. The van der Waals surface area contributed by atoms with Crippen molar-refractivity contribution in [2.24, 2.45) is 0 Å². The molecule has 23 heavy (non-hydrogen) atoms. The number of hydrogen-bond acceptors (Lipinski definition) is 4. The number of rotatable bonds is 5. The second-order valence-corrected chi connectivity index (χ2v) is 5.91. The van der Waals surface area contributed by atoms with E-state index in [0.717, 1.165) is 17.9 Å². The summed E-state index contributed by atoms with van der Waals surface area (Å²) in [7, 11) is 0. The standard InChI is InChI=1S/C18H24N4O/c1-6-22(15-9-7-8-13(4)10-15)18-20-14(5)11-16(21-18)17(23)19-12(2)3/h7-12H,6H2,1-5H3,(H,19,23). The molecule has 0 aliphatic rings. The minimum absolute atomic E-state index is 0.0697. The molecule has 5 nitrogen and oxygen atoms in total. The van der Waals surface area contributed by atoms with Crippen molar-refractivity contribution in [3.63, 3.8) is 0 Å². The Hall–Kier alpha value is -2.43. The molecule has 1 aromatic carbocycles. The van der Waals surface area contributed by atoms with E-state index in [1.165, 1.54) is 5.56 Å². The van der Waals surface area contributed by atoms with E-state index in [1.54, 1.807) is 6.07 Å². The van der Waals surface area contributed by atoms with E-state index < -0.39 is 0 Å². The molecular weight excluding hydrogens is 288 g/mol. The number of nitrogens with one attached hydrogen (secondary N) is 1. The van der Waals surface area contributed by atoms with Crippen molar-refractivity contribution in [1.29, 1.82) is 0 Å². The second kappa shape index (κ2) is 7.22. The Bertz CT molecular complexity index is 697. The van der Waals surface area contributed by atoms with Crippen LogP contribution in [0.3, 0.4) is 0 Å². The van der Waals surface area contributed by atoms with Gasteiger partial charge in [-0.1, -0.05) is 12.1 Å². The minimum Gasteiger partial charge on any atom is -0.349 e. The third-order valence-corrected chi connectivity index (χ3v) is 3.37. The molecule has 2 aromatic rings. The van der Waals surface area contributed by atoms with Crippen molar-refractivity contribution in [2.45, 2.75) is 40.7 Å². The SMILES string of the molecule is CCN(c1cccc(C)c1)c1nc(C)cc(C(=O)NC(C)C)n1. The number of carbonyl (C=O) groups excluding carboxylic acids is 1. The molecular formula is C18H24N4O. The van der Waals surface area contributed by atoms with Gasteiger partial charge in [0.25, 0.3) is 5.91 Å². The van der Waals surface area contributed by atoms with Crippen LogP contribution >= 0.6 is 0 Å². The molecule has 0 aliphatic carbocycles. The van der Waals surface area contributed by atoms with Crippen LogP contribution in [0.1, 0.15) is 42.5 Å². The molecule has 0 unspecified atom stereocenters. The van der Waals surface area contributed by atoms with Crippen LogP contribution in [0.5, 0.6) is 0 Å². The number of anilines is 2. The molecule has 0 bridgehead atoms. The van der Waals surface area contributed by atoms with Crippen molar-refractivity contribution in [3.8, 4) is 0 Å². The van der Waals surface area contributed by atoms with Crippen molar-refractivity contribution < 1.29 is 4.79 Å². The van der Waals surface area contributed by atoms with Crippen molar-refractivity contribution in [1.82, 2.24) is 15.3 Å². The lowest BCUT2D eigenvalue weighted by atomic mass is 10.2. The van der Waals surface area contributed by atoms with Gasteiger partial charge in [0, 0.05) is 24.0 Å².